The van der Waals surface area contributed by atoms with Crippen molar-refractivity contribution >= 4 is 33.5 Å². The Balaban J connectivity index is 1.35. The molecule has 0 bridgehead atoms. The predicted octanol–water partition coefficient (Wildman–Crippen LogP) is 3.82. The Hall–Kier alpha value is -3.65. The van der Waals surface area contributed by atoms with Gasteiger partial charge in [-0.3, -0.25) is 14.7 Å². The minimum absolute atomic E-state index is 0.0703. The molecule has 10 nitrogen and oxygen atoms in total. The number of amidine groups is 1. The van der Waals surface area contributed by atoms with Gasteiger partial charge in [0, 0.05) is 37.8 Å². The molecule has 14 heteroatoms. The summed E-state index contributed by atoms with van der Waals surface area (Å²) in [6, 6.07) is 9.55. The van der Waals surface area contributed by atoms with Crippen molar-refractivity contribution < 1.29 is 35.9 Å². The third-order valence-electron chi connectivity index (χ3n) is 7.93. The molecule has 0 atom stereocenters. The first-order chi connectivity index (χ1) is 20.1. The number of urea groups is 1. The monoisotopic (exact) mass is 623 g/mol. The summed E-state index contributed by atoms with van der Waals surface area (Å²) in [7, 11) is -2.04. The molecule has 2 aromatic carbocycles. The van der Waals surface area contributed by atoms with Crippen molar-refractivity contribution in [1.29, 1.82) is 0 Å². The van der Waals surface area contributed by atoms with Gasteiger partial charge in [-0.1, -0.05) is 0 Å². The van der Waals surface area contributed by atoms with E-state index in [0.29, 0.717) is 29.3 Å². The lowest BCUT2D eigenvalue weighted by molar-refractivity contribution is -0.136. The third kappa shape index (κ3) is 7.66. The van der Waals surface area contributed by atoms with Gasteiger partial charge in [0.25, 0.3) is 5.91 Å². The van der Waals surface area contributed by atoms with E-state index in [2.05, 4.69) is 10.3 Å². The number of sulfonamides is 1. The molecule has 1 spiro atoms. The van der Waals surface area contributed by atoms with Crippen LogP contribution in [0.4, 0.5) is 23.7 Å². The Labute approximate surface area is 249 Å². The number of carbonyl (C=O) groups is 2. The Bertz CT molecular complexity index is 1480. The summed E-state index contributed by atoms with van der Waals surface area (Å²) >= 11 is 0. The summed E-state index contributed by atoms with van der Waals surface area (Å²) in [6.07, 6.45) is -4.53. The smallest absolute Gasteiger partial charge is 0.389 e. The molecule has 1 fully saturated rings. The first kappa shape index (κ1) is 32.3. The summed E-state index contributed by atoms with van der Waals surface area (Å²) in [5.41, 5.74) is 8.16. The molecule has 0 unspecified atom stereocenters. The van der Waals surface area contributed by atoms with Gasteiger partial charge in [-0.05, 0) is 92.6 Å². The van der Waals surface area contributed by atoms with Gasteiger partial charge in [-0.25, -0.2) is 17.5 Å². The second kappa shape index (κ2) is 12.5. The van der Waals surface area contributed by atoms with Gasteiger partial charge in [0.05, 0.1) is 12.4 Å². The highest BCUT2D eigenvalue weighted by Crippen LogP contribution is 2.33. The molecular formula is C29H36F3N5O5S. The number of piperidine rings is 1. The molecule has 1 saturated heterocycles. The second-order valence-electron chi connectivity index (χ2n) is 11.0. The molecule has 3 N–H and O–H groups in total. The number of hydrogen-bond acceptors (Lipinski definition) is 6. The van der Waals surface area contributed by atoms with Crippen molar-refractivity contribution in [2.45, 2.75) is 57.7 Å². The van der Waals surface area contributed by atoms with Gasteiger partial charge in [0.15, 0.2) is 0 Å². The van der Waals surface area contributed by atoms with Crippen LogP contribution in [0, 0.1) is 13.8 Å². The fraction of sp³-hybridized carbons (Fsp3) is 0.483. The number of nitrogens with two attached hydrogens (primary N) is 1. The zero-order valence-corrected chi connectivity index (χ0v) is 25.1. The number of benzene rings is 2. The van der Waals surface area contributed by atoms with E-state index in [1.165, 1.54) is 9.21 Å². The fourth-order valence-corrected chi connectivity index (χ4v) is 6.80. The van der Waals surface area contributed by atoms with E-state index < -0.39 is 34.2 Å². The molecule has 43 heavy (non-hydrogen) atoms. The first-order valence-corrected chi connectivity index (χ1v) is 15.5. The van der Waals surface area contributed by atoms with E-state index in [-0.39, 0.29) is 50.6 Å². The van der Waals surface area contributed by atoms with Crippen LogP contribution in [-0.4, -0.2) is 74.7 Å². The number of amides is 3. The van der Waals surface area contributed by atoms with Gasteiger partial charge >= 0.3 is 12.2 Å². The highest BCUT2D eigenvalue weighted by atomic mass is 32.2. The minimum atomic E-state index is -4.22. The Morgan fingerprint density at radius 1 is 1.14 bits per heavy atom. The standard InChI is InChI=1S/C29H36F3N5O5S/c1-19-17-22(36(3)27(33)39)18-20(2)24(19)9-16-43(40,41)37-13-11-28(12-14-37)26(38)34-25(35-28)21-5-7-23(8-6-21)42-15-4-10-29(30,31)32/h5-8,17-18H,4,9-16H2,1-3H3,(H2,33,39)(H,34,35,38). The molecule has 4 rings (SSSR count). The number of alkyl halides is 3. The molecule has 2 aliphatic heterocycles. The minimum Gasteiger partial charge on any atom is -0.494 e. The van der Waals surface area contributed by atoms with Crippen LogP contribution in [-0.2, 0) is 21.2 Å². The van der Waals surface area contributed by atoms with Crippen molar-refractivity contribution in [3.8, 4) is 5.75 Å². The lowest BCUT2D eigenvalue weighted by Gasteiger charge is -2.34. The highest BCUT2D eigenvalue weighted by Gasteiger charge is 2.47. The van der Waals surface area contributed by atoms with Gasteiger partial charge in [-0.15, -0.1) is 0 Å². The van der Waals surface area contributed by atoms with Crippen molar-refractivity contribution in [2.75, 3.05) is 37.4 Å². The number of hydrogen-bond donors (Lipinski definition) is 2. The molecule has 0 saturated carbocycles. The number of primary amides is 1. The molecule has 2 aromatic rings. The van der Waals surface area contributed by atoms with Crippen LogP contribution < -0.4 is 20.7 Å². The summed E-state index contributed by atoms with van der Waals surface area (Å²) in [4.78, 5) is 30.5. The van der Waals surface area contributed by atoms with E-state index in [0.717, 1.165) is 16.7 Å². The summed E-state index contributed by atoms with van der Waals surface area (Å²) in [5, 5.41) is 2.80. The number of aryl methyl sites for hydroxylation is 2. The Morgan fingerprint density at radius 3 is 2.30 bits per heavy atom. The van der Waals surface area contributed by atoms with Gasteiger partial charge in [-0.2, -0.15) is 13.2 Å². The first-order valence-electron chi connectivity index (χ1n) is 13.9. The zero-order valence-electron chi connectivity index (χ0n) is 24.3. The molecule has 234 valence electrons. The average Bonchev–Trinajstić information content (AvgIpc) is 3.25. The van der Waals surface area contributed by atoms with Crippen LogP contribution in [0.1, 0.15) is 47.9 Å². The van der Waals surface area contributed by atoms with Gasteiger partial charge in [0.1, 0.15) is 17.1 Å². The number of rotatable bonds is 10. The normalized spacial score (nSPS) is 17.1. The predicted molar refractivity (Wildman–Crippen MR) is 157 cm³/mol. The maximum absolute atomic E-state index is 13.2. The largest absolute Gasteiger partial charge is 0.494 e. The van der Waals surface area contributed by atoms with Crippen LogP contribution >= 0.6 is 0 Å². The van der Waals surface area contributed by atoms with E-state index in [1.54, 1.807) is 43.4 Å². The van der Waals surface area contributed by atoms with Crippen LogP contribution in [0.3, 0.4) is 0 Å². The summed E-state index contributed by atoms with van der Waals surface area (Å²) in [6.45, 7) is 3.96. The maximum atomic E-state index is 13.2. The number of nitrogens with one attached hydrogen (secondary N) is 1. The topological polar surface area (TPSA) is 134 Å². The summed E-state index contributed by atoms with van der Waals surface area (Å²) < 4.78 is 70.2. The molecule has 3 amide bonds. The molecular weight excluding hydrogens is 587 g/mol. The fourth-order valence-electron chi connectivity index (χ4n) is 5.34. The van der Waals surface area contributed by atoms with Crippen LogP contribution in [0.2, 0.25) is 0 Å². The van der Waals surface area contributed by atoms with Crippen LogP contribution in [0.15, 0.2) is 41.4 Å². The van der Waals surface area contributed by atoms with Crippen LogP contribution in [0.5, 0.6) is 5.75 Å². The number of nitrogens with zero attached hydrogens (tertiary/aromatic N) is 3. The molecule has 2 heterocycles. The molecule has 0 aromatic heterocycles. The number of aliphatic imine (C=N–C) groups is 1. The molecule has 0 aliphatic carbocycles. The van der Waals surface area contributed by atoms with E-state index in [1.807, 2.05) is 13.8 Å². The number of carbonyl (C=O) groups excluding carboxylic acids is 2. The second-order valence-corrected chi connectivity index (χ2v) is 13.0. The third-order valence-corrected chi connectivity index (χ3v) is 9.81. The number of anilines is 1. The quantitative estimate of drug-likeness (QED) is 0.388. The van der Waals surface area contributed by atoms with Crippen molar-refractivity contribution in [3.63, 3.8) is 0 Å². The summed E-state index contributed by atoms with van der Waals surface area (Å²) in [5.74, 6) is 0.377. The van der Waals surface area contributed by atoms with Crippen molar-refractivity contribution in [1.82, 2.24) is 9.62 Å². The maximum Gasteiger partial charge on any atom is 0.389 e. The lowest BCUT2D eigenvalue weighted by atomic mass is 9.89. The SMILES string of the molecule is Cc1cc(N(C)C(N)=O)cc(C)c1CCS(=O)(=O)N1CCC2(CC1)N=C(c1ccc(OCCCC(F)(F)F)cc1)NC2=O. The van der Waals surface area contributed by atoms with Gasteiger partial charge in [0.2, 0.25) is 10.0 Å². The van der Waals surface area contributed by atoms with Gasteiger partial charge < -0.3 is 15.8 Å². The number of ether oxygens (including phenoxy) is 1. The molecule has 0 radical (unpaired) electrons. The van der Waals surface area contributed by atoms with E-state index in [9.17, 15) is 31.2 Å². The Morgan fingerprint density at radius 2 is 1.74 bits per heavy atom. The number of halogens is 3. The molecule has 2 aliphatic rings. The lowest BCUT2D eigenvalue weighted by Crippen LogP contribution is -2.50. The highest BCUT2D eigenvalue weighted by molar-refractivity contribution is 7.89. The van der Waals surface area contributed by atoms with E-state index >= 15 is 0 Å². The Kier molecular flexibility index (Phi) is 9.40. The average molecular weight is 624 g/mol. The van der Waals surface area contributed by atoms with E-state index in [4.69, 9.17) is 10.5 Å². The van der Waals surface area contributed by atoms with Crippen molar-refractivity contribution in [3.05, 3.63) is 58.7 Å². The van der Waals surface area contributed by atoms with Crippen molar-refractivity contribution in [2.24, 2.45) is 10.7 Å². The zero-order chi connectivity index (χ0) is 31.6. The van der Waals surface area contributed by atoms with Crippen LogP contribution in [0.25, 0.3) is 0 Å².